The third kappa shape index (κ3) is 18.5. The van der Waals surface area contributed by atoms with Gasteiger partial charge in [-0.05, 0) is 46.5 Å². The standard InChI is InChI=1S/C22H36O3/c1-5-6-7-8-9-10-11-12-13-14-15-16-17-20(23)18-19-21(24)25-22(2,3)4/h8-13H,5-7,14-19H2,1-4H3. The molecule has 0 fully saturated rings. The first kappa shape index (κ1) is 23.4. The molecule has 0 unspecified atom stereocenters. The Balaban J connectivity index is 3.63. The highest BCUT2D eigenvalue weighted by atomic mass is 16.6. The first-order valence-corrected chi connectivity index (χ1v) is 9.57. The summed E-state index contributed by atoms with van der Waals surface area (Å²) in [7, 11) is 0. The fourth-order valence-electron chi connectivity index (χ4n) is 2.14. The van der Waals surface area contributed by atoms with Gasteiger partial charge in [0.15, 0.2) is 0 Å². The third-order valence-corrected chi connectivity index (χ3v) is 3.43. The van der Waals surface area contributed by atoms with Crippen molar-refractivity contribution in [1.82, 2.24) is 0 Å². The molecule has 3 nitrogen and oxygen atoms in total. The van der Waals surface area contributed by atoms with Crippen molar-refractivity contribution in [3.05, 3.63) is 36.5 Å². The van der Waals surface area contributed by atoms with Crippen molar-refractivity contribution < 1.29 is 14.3 Å². The zero-order valence-corrected chi connectivity index (χ0v) is 16.6. The molecule has 3 heteroatoms. The van der Waals surface area contributed by atoms with Crippen molar-refractivity contribution in [2.45, 2.75) is 91.1 Å². The van der Waals surface area contributed by atoms with Crippen LogP contribution in [0, 0.1) is 0 Å². The molecule has 0 aromatic rings. The molecule has 0 rings (SSSR count). The number of allylic oxidation sites excluding steroid dienone is 6. The Morgan fingerprint density at radius 1 is 0.800 bits per heavy atom. The SMILES string of the molecule is CCCCC=CC=CC=CCCCCC(=O)CCC(=O)OC(C)(C)C. The maximum atomic E-state index is 11.8. The lowest BCUT2D eigenvalue weighted by Crippen LogP contribution is -2.24. The van der Waals surface area contributed by atoms with Gasteiger partial charge in [-0.3, -0.25) is 9.59 Å². The van der Waals surface area contributed by atoms with Crippen molar-refractivity contribution >= 4 is 11.8 Å². The summed E-state index contributed by atoms with van der Waals surface area (Å²) in [6.07, 6.45) is 20.0. The quantitative estimate of drug-likeness (QED) is 0.229. The smallest absolute Gasteiger partial charge is 0.306 e. The molecule has 0 spiro atoms. The number of carbonyl (C=O) groups is 2. The number of rotatable bonds is 13. The minimum absolute atomic E-state index is 0.145. The summed E-state index contributed by atoms with van der Waals surface area (Å²) in [5.74, 6) is -0.147. The van der Waals surface area contributed by atoms with Crippen LogP contribution in [0.2, 0.25) is 0 Å². The lowest BCUT2D eigenvalue weighted by Gasteiger charge is -2.19. The van der Waals surface area contributed by atoms with Gasteiger partial charge in [-0.2, -0.15) is 0 Å². The lowest BCUT2D eigenvalue weighted by atomic mass is 10.1. The van der Waals surface area contributed by atoms with Crippen molar-refractivity contribution in [3.8, 4) is 0 Å². The molecular weight excluding hydrogens is 312 g/mol. The zero-order valence-electron chi connectivity index (χ0n) is 16.6. The molecule has 25 heavy (non-hydrogen) atoms. The number of unbranched alkanes of at least 4 members (excludes halogenated alkanes) is 4. The Morgan fingerprint density at radius 2 is 1.40 bits per heavy atom. The van der Waals surface area contributed by atoms with Crippen LogP contribution in [-0.4, -0.2) is 17.4 Å². The van der Waals surface area contributed by atoms with Crippen molar-refractivity contribution in [3.63, 3.8) is 0 Å². The van der Waals surface area contributed by atoms with E-state index in [1.165, 1.54) is 12.8 Å². The van der Waals surface area contributed by atoms with Gasteiger partial charge in [-0.25, -0.2) is 0 Å². The Hall–Kier alpha value is -1.64. The molecule has 0 saturated carbocycles. The van der Waals surface area contributed by atoms with E-state index in [1.807, 2.05) is 32.9 Å². The Kier molecular flexibility index (Phi) is 13.7. The fraction of sp³-hybridized carbons (Fsp3) is 0.636. The molecule has 0 aliphatic rings. The van der Waals surface area contributed by atoms with Crippen LogP contribution in [-0.2, 0) is 14.3 Å². The first-order chi connectivity index (χ1) is 11.8. The van der Waals surface area contributed by atoms with E-state index in [9.17, 15) is 9.59 Å². The summed E-state index contributed by atoms with van der Waals surface area (Å²) < 4.78 is 5.19. The largest absolute Gasteiger partial charge is 0.460 e. The maximum Gasteiger partial charge on any atom is 0.306 e. The highest BCUT2D eigenvalue weighted by molar-refractivity contribution is 5.82. The van der Waals surface area contributed by atoms with Crippen molar-refractivity contribution in [2.24, 2.45) is 0 Å². The van der Waals surface area contributed by atoms with E-state index in [0.717, 1.165) is 25.7 Å². The Labute approximate surface area is 154 Å². The van der Waals surface area contributed by atoms with E-state index in [2.05, 4.69) is 31.2 Å². The molecule has 0 amide bonds. The summed E-state index contributed by atoms with van der Waals surface area (Å²) in [5.41, 5.74) is -0.480. The van der Waals surface area contributed by atoms with Gasteiger partial charge in [-0.1, -0.05) is 56.2 Å². The van der Waals surface area contributed by atoms with Crippen LogP contribution in [0.25, 0.3) is 0 Å². The minimum atomic E-state index is -0.480. The Morgan fingerprint density at radius 3 is 1.96 bits per heavy atom. The van der Waals surface area contributed by atoms with Crippen LogP contribution >= 0.6 is 0 Å². The van der Waals surface area contributed by atoms with Gasteiger partial charge in [0, 0.05) is 12.8 Å². The second-order valence-electron chi connectivity index (χ2n) is 7.25. The van der Waals surface area contributed by atoms with Gasteiger partial charge >= 0.3 is 5.97 Å². The summed E-state index contributed by atoms with van der Waals surface area (Å²) in [6.45, 7) is 7.69. The number of carbonyl (C=O) groups excluding carboxylic acids is 2. The summed E-state index contributed by atoms with van der Waals surface area (Å²) in [6, 6.07) is 0. The molecule has 0 aliphatic carbocycles. The molecular formula is C22H36O3. The lowest BCUT2D eigenvalue weighted by molar-refractivity contribution is -0.155. The Bertz CT molecular complexity index is 450. The van der Waals surface area contributed by atoms with Gasteiger partial charge in [0.05, 0.1) is 6.42 Å². The number of ether oxygens (including phenoxy) is 1. The second kappa shape index (κ2) is 14.7. The fourth-order valence-corrected chi connectivity index (χ4v) is 2.14. The predicted molar refractivity (Wildman–Crippen MR) is 105 cm³/mol. The number of hydrogen-bond donors (Lipinski definition) is 0. The molecule has 0 N–H and O–H groups in total. The molecule has 0 heterocycles. The monoisotopic (exact) mass is 348 g/mol. The van der Waals surface area contributed by atoms with Gasteiger partial charge in [0.2, 0.25) is 0 Å². The zero-order chi connectivity index (χ0) is 19.0. The van der Waals surface area contributed by atoms with Gasteiger partial charge in [-0.15, -0.1) is 0 Å². The molecule has 0 saturated heterocycles. The average Bonchev–Trinajstić information content (AvgIpc) is 2.52. The summed E-state index contributed by atoms with van der Waals surface area (Å²) in [4.78, 5) is 23.3. The highest BCUT2D eigenvalue weighted by Gasteiger charge is 2.16. The molecule has 0 aromatic heterocycles. The third-order valence-electron chi connectivity index (χ3n) is 3.43. The van der Waals surface area contributed by atoms with Crippen LogP contribution in [0.1, 0.15) is 85.5 Å². The number of Topliss-reactive ketones (excluding diaryl/α,β-unsaturated/α-hetero) is 1. The van der Waals surface area contributed by atoms with Crippen molar-refractivity contribution in [2.75, 3.05) is 0 Å². The van der Waals surface area contributed by atoms with Crippen LogP contribution in [0.15, 0.2) is 36.5 Å². The summed E-state index contributed by atoms with van der Waals surface area (Å²) in [5, 5.41) is 0. The van der Waals surface area contributed by atoms with E-state index in [0.29, 0.717) is 6.42 Å². The predicted octanol–water partition coefficient (Wildman–Crippen LogP) is 6.10. The number of ketones is 1. The van der Waals surface area contributed by atoms with E-state index in [4.69, 9.17) is 4.74 Å². The van der Waals surface area contributed by atoms with Gasteiger partial charge < -0.3 is 4.74 Å². The molecule has 0 radical (unpaired) electrons. The van der Waals surface area contributed by atoms with Crippen LogP contribution in [0.3, 0.4) is 0 Å². The normalized spacial score (nSPS) is 12.5. The number of esters is 1. The van der Waals surface area contributed by atoms with Crippen LogP contribution < -0.4 is 0 Å². The van der Waals surface area contributed by atoms with Crippen LogP contribution in [0.5, 0.6) is 0 Å². The first-order valence-electron chi connectivity index (χ1n) is 9.57. The number of hydrogen-bond acceptors (Lipinski definition) is 3. The molecule has 0 aromatic carbocycles. The minimum Gasteiger partial charge on any atom is -0.460 e. The highest BCUT2D eigenvalue weighted by Crippen LogP contribution is 2.10. The van der Waals surface area contributed by atoms with E-state index >= 15 is 0 Å². The van der Waals surface area contributed by atoms with E-state index in [-0.39, 0.29) is 24.6 Å². The molecule has 0 atom stereocenters. The van der Waals surface area contributed by atoms with Gasteiger partial charge in [0.1, 0.15) is 11.4 Å². The molecule has 0 bridgehead atoms. The molecule has 0 aliphatic heterocycles. The topological polar surface area (TPSA) is 43.4 Å². The molecule has 142 valence electrons. The van der Waals surface area contributed by atoms with Crippen LogP contribution in [0.4, 0.5) is 0 Å². The van der Waals surface area contributed by atoms with E-state index in [1.54, 1.807) is 0 Å². The van der Waals surface area contributed by atoms with E-state index < -0.39 is 5.60 Å². The summed E-state index contributed by atoms with van der Waals surface area (Å²) >= 11 is 0. The van der Waals surface area contributed by atoms with Crippen molar-refractivity contribution in [1.29, 1.82) is 0 Å². The average molecular weight is 349 g/mol. The maximum absolute atomic E-state index is 11.8. The van der Waals surface area contributed by atoms with Gasteiger partial charge in [0.25, 0.3) is 0 Å². The second-order valence-corrected chi connectivity index (χ2v) is 7.25.